The van der Waals surface area contributed by atoms with E-state index in [-0.39, 0.29) is 0 Å². The number of anilines is 2. The van der Waals surface area contributed by atoms with Gasteiger partial charge >= 0.3 is 0 Å². The van der Waals surface area contributed by atoms with E-state index in [4.69, 9.17) is 0 Å². The SMILES string of the molecule is Cc1ccccc1N(C)c1ccc(CNC(C)C)cn1. The van der Waals surface area contributed by atoms with Crippen LogP contribution in [0.25, 0.3) is 0 Å². The fourth-order valence-corrected chi connectivity index (χ4v) is 2.10. The highest BCUT2D eigenvalue weighted by Crippen LogP contribution is 2.24. The molecule has 1 aromatic carbocycles. The van der Waals surface area contributed by atoms with E-state index in [1.54, 1.807) is 0 Å². The first kappa shape index (κ1) is 14.5. The average Bonchev–Trinajstić information content (AvgIpc) is 2.45. The van der Waals surface area contributed by atoms with Gasteiger partial charge in [0.05, 0.1) is 0 Å². The Kier molecular flexibility index (Phi) is 4.74. The first-order valence-electron chi connectivity index (χ1n) is 7.05. The van der Waals surface area contributed by atoms with Crippen molar-refractivity contribution < 1.29 is 0 Å². The Balaban J connectivity index is 2.12. The van der Waals surface area contributed by atoms with Crippen LogP contribution < -0.4 is 10.2 Å². The summed E-state index contributed by atoms with van der Waals surface area (Å²) in [7, 11) is 2.05. The molecule has 0 saturated carbocycles. The minimum atomic E-state index is 0.490. The molecule has 0 saturated heterocycles. The summed E-state index contributed by atoms with van der Waals surface area (Å²) in [6.45, 7) is 7.27. The second kappa shape index (κ2) is 6.53. The molecule has 0 atom stereocenters. The van der Waals surface area contributed by atoms with Gasteiger partial charge < -0.3 is 10.2 Å². The number of aromatic nitrogens is 1. The van der Waals surface area contributed by atoms with Crippen LogP contribution in [0.2, 0.25) is 0 Å². The first-order chi connectivity index (χ1) is 9.58. The lowest BCUT2D eigenvalue weighted by Gasteiger charge is -2.20. The van der Waals surface area contributed by atoms with Gasteiger partial charge in [-0.05, 0) is 30.2 Å². The molecule has 0 aliphatic carbocycles. The largest absolute Gasteiger partial charge is 0.329 e. The zero-order valence-corrected chi connectivity index (χ0v) is 12.7. The maximum Gasteiger partial charge on any atom is 0.132 e. The molecule has 0 aliphatic rings. The quantitative estimate of drug-likeness (QED) is 0.898. The summed E-state index contributed by atoms with van der Waals surface area (Å²) in [6, 6.07) is 13.0. The summed E-state index contributed by atoms with van der Waals surface area (Å²) in [5.41, 5.74) is 3.65. The van der Waals surface area contributed by atoms with E-state index in [0.717, 1.165) is 12.4 Å². The lowest BCUT2D eigenvalue weighted by molar-refractivity contribution is 0.588. The van der Waals surface area contributed by atoms with Crippen molar-refractivity contribution in [3.63, 3.8) is 0 Å². The fraction of sp³-hybridized carbons (Fsp3) is 0.353. The maximum absolute atomic E-state index is 4.56. The van der Waals surface area contributed by atoms with Crippen molar-refractivity contribution >= 4 is 11.5 Å². The van der Waals surface area contributed by atoms with Gasteiger partial charge in [0.2, 0.25) is 0 Å². The molecule has 0 amide bonds. The highest BCUT2D eigenvalue weighted by atomic mass is 15.2. The minimum absolute atomic E-state index is 0.490. The zero-order chi connectivity index (χ0) is 14.5. The molecule has 2 aromatic rings. The van der Waals surface area contributed by atoms with E-state index in [1.807, 2.05) is 6.20 Å². The van der Waals surface area contributed by atoms with Crippen LogP contribution >= 0.6 is 0 Å². The highest BCUT2D eigenvalue weighted by Gasteiger charge is 2.07. The number of pyridine rings is 1. The molecule has 0 aliphatic heterocycles. The predicted molar refractivity (Wildman–Crippen MR) is 85.5 cm³/mol. The molecule has 1 N–H and O–H groups in total. The number of para-hydroxylation sites is 1. The van der Waals surface area contributed by atoms with Gasteiger partial charge in [0.15, 0.2) is 0 Å². The lowest BCUT2D eigenvalue weighted by atomic mass is 10.2. The van der Waals surface area contributed by atoms with E-state index in [2.05, 4.69) is 79.4 Å². The Labute approximate surface area is 121 Å². The molecular formula is C17H23N3. The number of nitrogens with one attached hydrogen (secondary N) is 1. The molecule has 106 valence electrons. The molecule has 1 aromatic heterocycles. The number of hydrogen-bond acceptors (Lipinski definition) is 3. The summed E-state index contributed by atoms with van der Waals surface area (Å²) in [5, 5.41) is 3.40. The topological polar surface area (TPSA) is 28.2 Å². The standard InChI is InChI=1S/C17H23N3/c1-13(2)18-11-15-9-10-17(19-12-15)20(4)16-8-6-5-7-14(16)3/h5-10,12-13,18H,11H2,1-4H3. The van der Waals surface area contributed by atoms with Crippen LogP contribution in [0, 0.1) is 6.92 Å². The minimum Gasteiger partial charge on any atom is -0.329 e. The van der Waals surface area contributed by atoms with Crippen LogP contribution in [-0.4, -0.2) is 18.1 Å². The van der Waals surface area contributed by atoms with Gasteiger partial charge in [-0.25, -0.2) is 4.98 Å². The van der Waals surface area contributed by atoms with Crippen LogP contribution in [0.1, 0.15) is 25.0 Å². The second-order valence-electron chi connectivity index (χ2n) is 5.41. The van der Waals surface area contributed by atoms with Crippen molar-refractivity contribution in [2.75, 3.05) is 11.9 Å². The van der Waals surface area contributed by atoms with Crippen molar-refractivity contribution in [1.29, 1.82) is 0 Å². The summed E-state index contributed by atoms with van der Waals surface area (Å²) >= 11 is 0. The van der Waals surface area contributed by atoms with Gasteiger partial charge in [-0.1, -0.05) is 38.1 Å². The van der Waals surface area contributed by atoms with Gasteiger partial charge in [0, 0.05) is 31.5 Å². The van der Waals surface area contributed by atoms with Crippen molar-refractivity contribution in [3.8, 4) is 0 Å². The summed E-state index contributed by atoms with van der Waals surface area (Å²) in [5.74, 6) is 0.965. The van der Waals surface area contributed by atoms with E-state index < -0.39 is 0 Å². The molecule has 1 heterocycles. The Morgan fingerprint density at radius 1 is 1.15 bits per heavy atom. The molecular weight excluding hydrogens is 246 g/mol. The number of rotatable bonds is 5. The molecule has 3 nitrogen and oxygen atoms in total. The van der Waals surface area contributed by atoms with Crippen LogP contribution in [0.4, 0.5) is 11.5 Å². The van der Waals surface area contributed by atoms with Crippen molar-refractivity contribution in [1.82, 2.24) is 10.3 Å². The van der Waals surface area contributed by atoms with Crippen LogP contribution in [-0.2, 0) is 6.54 Å². The average molecular weight is 269 g/mol. The third-order valence-corrected chi connectivity index (χ3v) is 3.34. The molecule has 0 spiro atoms. The van der Waals surface area contributed by atoms with Gasteiger partial charge in [-0.15, -0.1) is 0 Å². The number of benzene rings is 1. The normalized spacial score (nSPS) is 10.8. The van der Waals surface area contributed by atoms with Crippen molar-refractivity contribution in [2.45, 2.75) is 33.4 Å². The van der Waals surface area contributed by atoms with Gasteiger partial charge in [0.25, 0.3) is 0 Å². The Morgan fingerprint density at radius 3 is 2.50 bits per heavy atom. The fourth-order valence-electron chi connectivity index (χ4n) is 2.10. The lowest BCUT2D eigenvalue weighted by Crippen LogP contribution is -2.22. The van der Waals surface area contributed by atoms with Crippen molar-refractivity contribution in [3.05, 3.63) is 53.7 Å². The number of nitrogens with zero attached hydrogens (tertiary/aromatic N) is 2. The number of hydrogen-bond donors (Lipinski definition) is 1. The van der Waals surface area contributed by atoms with Gasteiger partial charge in [-0.3, -0.25) is 0 Å². The maximum atomic E-state index is 4.56. The van der Waals surface area contributed by atoms with Crippen molar-refractivity contribution in [2.24, 2.45) is 0 Å². The second-order valence-corrected chi connectivity index (χ2v) is 5.41. The summed E-state index contributed by atoms with van der Waals surface area (Å²) in [6.07, 6.45) is 1.94. The molecule has 2 rings (SSSR count). The molecule has 0 unspecified atom stereocenters. The first-order valence-corrected chi connectivity index (χ1v) is 7.05. The molecule has 20 heavy (non-hydrogen) atoms. The van der Waals surface area contributed by atoms with Crippen LogP contribution in [0.5, 0.6) is 0 Å². The van der Waals surface area contributed by atoms with Crippen LogP contribution in [0.15, 0.2) is 42.6 Å². The third kappa shape index (κ3) is 3.58. The summed E-state index contributed by atoms with van der Waals surface area (Å²) in [4.78, 5) is 6.68. The number of aryl methyl sites for hydroxylation is 1. The zero-order valence-electron chi connectivity index (χ0n) is 12.7. The van der Waals surface area contributed by atoms with E-state index in [0.29, 0.717) is 6.04 Å². The Morgan fingerprint density at radius 2 is 1.90 bits per heavy atom. The highest BCUT2D eigenvalue weighted by molar-refractivity contribution is 5.62. The van der Waals surface area contributed by atoms with E-state index >= 15 is 0 Å². The molecule has 0 bridgehead atoms. The van der Waals surface area contributed by atoms with Gasteiger partial charge in [0.1, 0.15) is 5.82 Å². The van der Waals surface area contributed by atoms with Gasteiger partial charge in [-0.2, -0.15) is 0 Å². The monoisotopic (exact) mass is 269 g/mol. The van der Waals surface area contributed by atoms with Crippen LogP contribution in [0.3, 0.4) is 0 Å². The summed E-state index contributed by atoms with van der Waals surface area (Å²) < 4.78 is 0. The predicted octanol–water partition coefficient (Wildman–Crippen LogP) is 3.66. The smallest absolute Gasteiger partial charge is 0.132 e. The molecule has 0 radical (unpaired) electrons. The Bertz CT molecular complexity index is 546. The van der Waals surface area contributed by atoms with E-state index in [9.17, 15) is 0 Å². The third-order valence-electron chi connectivity index (χ3n) is 3.34. The molecule has 3 heteroatoms. The Hall–Kier alpha value is -1.87. The molecule has 0 fully saturated rings. The van der Waals surface area contributed by atoms with E-state index in [1.165, 1.54) is 16.8 Å².